The highest BCUT2D eigenvalue weighted by molar-refractivity contribution is 5.79. The second-order valence-electron chi connectivity index (χ2n) is 3.90. The Labute approximate surface area is 80.5 Å². The zero-order valence-corrected chi connectivity index (χ0v) is 8.53. The van der Waals surface area contributed by atoms with E-state index in [0.29, 0.717) is 5.92 Å². The van der Waals surface area contributed by atoms with Gasteiger partial charge in [-0.2, -0.15) is 0 Å². The molecule has 2 heteroatoms. The minimum Gasteiger partial charge on any atom is -0.293 e. The van der Waals surface area contributed by atoms with Crippen LogP contribution in [0.25, 0.3) is 0 Å². The van der Waals surface area contributed by atoms with Crippen LogP contribution in [0, 0.1) is 11.8 Å². The third-order valence-electron chi connectivity index (χ3n) is 2.21. The number of aliphatic imine (C=N–C) groups is 2. The van der Waals surface area contributed by atoms with Crippen LogP contribution in [0.4, 0.5) is 0 Å². The van der Waals surface area contributed by atoms with Crippen LogP contribution in [0.1, 0.15) is 26.7 Å². The molecule has 0 aromatic heterocycles. The summed E-state index contributed by atoms with van der Waals surface area (Å²) in [4.78, 5) is 8.16. The normalized spacial score (nSPS) is 18.5. The van der Waals surface area contributed by atoms with E-state index < -0.39 is 0 Å². The molecule has 0 atom stereocenters. The molecule has 0 saturated heterocycles. The lowest BCUT2D eigenvalue weighted by atomic mass is 10.1. The summed E-state index contributed by atoms with van der Waals surface area (Å²) in [5.41, 5.74) is 1.16. The maximum atomic E-state index is 4.39. The standard InChI is InChI=1S/C11H18N2/c1-9(2)11(7-12-3)8-13-6-10-4-5-10/h7-10H,3-6H2,1-2H3/b11-7+,13-8?. The van der Waals surface area contributed by atoms with E-state index in [-0.39, 0.29) is 0 Å². The summed E-state index contributed by atoms with van der Waals surface area (Å²) < 4.78 is 0. The smallest absolute Gasteiger partial charge is 0.0417 e. The van der Waals surface area contributed by atoms with E-state index in [4.69, 9.17) is 0 Å². The van der Waals surface area contributed by atoms with Gasteiger partial charge in [-0.3, -0.25) is 9.98 Å². The van der Waals surface area contributed by atoms with Gasteiger partial charge in [0.1, 0.15) is 0 Å². The molecule has 0 aromatic carbocycles. The minimum absolute atomic E-state index is 0.480. The molecule has 0 aromatic rings. The zero-order valence-electron chi connectivity index (χ0n) is 8.53. The van der Waals surface area contributed by atoms with Gasteiger partial charge in [-0.25, -0.2) is 0 Å². The van der Waals surface area contributed by atoms with Crippen molar-refractivity contribution >= 4 is 12.9 Å². The van der Waals surface area contributed by atoms with Crippen molar-refractivity contribution in [2.45, 2.75) is 26.7 Å². The van der Waals surface area contributed by atoms with Crippen molar-refractivity contribution in [3.8, 4) is 0 Å². The van der Waals surface area contributed by atoms with Gasteiger partial charge in [-0.15, -0.1) is 0 Å². The molecule has 1 fully saturated rings. The van der Waals surface area contributed by atoms with Gasteiger partial charge in [0, 0.05) is 19.0 Å². The number of rotatable bonds is 5. The second kappa shape index (κ2) is 4.95. The number of allylic oxidation sites excluding steroid dienone is 1. The zero-order chi connectivity index (χ0) is 9.68. The Bertz CT molecular complexity index is 222. The van der Waals surface area contributed by atoms with Gasteiger partial charge >= 0.3 is 0 Å². The summed E-state index contributed by atoms with van der Waals surface area (Å²) >= 11 is 0. The fourth-order valence-corrected chi connectivity index (χ4v) is 1.04. The molecule has 1 rings (SSSR count). The van der Waals surface area contributed by atoms with Gasteiger partial charge in [-0.05, 0) is 37.0 Å². The van der Waals surface area contributed by atoms with Crippen molar-refractivity contribution in [2.24, 2.45) is 21.8 Å². The topological polar surface area (TPSA) is 24.7 Å². The van der Waals surface area contributed by atoms with Crippen molar-refractivity contribution in [1.82, 2.24) is 0 Å². The van der Waals surface area contributed by atoms with Crippen LogP contribution in [-0.2, 0) is 0 Å². The number of hydrogen-bond donors (Lipinski definition) is 0. The fraction of sp³-hybridized carbons (Fsp3) is 0.636. The molecule has 0 N–H and O–H groups in total. The summed E-state index contributed by atoms with van der Waals surface area (Å²) in [6, 6.07) is 0. The first-order valence-corrected chi connectivity index (χ1v) is 4.89. The van der Waals surface area contributed by atoms with Crippen molar-refractivity contribution in [3.63, 3.8) is 0 Å². The molecule has 1 saturated carbocycles. The summed E-state index contributed by atoms with van der Waals surface area (Å²) in [6.07, 6.45) is 6.45. The van der Waals surface area contributed by atoms with E-state index in [1.807, 2.05) is 6.21 Å². The van der Waals surface area contributed by atoms with E-state index in [0.717, 1.165) is 18.0 Å². The Balaban J connectivity index is 2.40. The quantitative estimate of drug-likeness (QED) is 0.578. The molecule has 0 unspecified atom stereocenters. The number of nitrogens with zero attached hydrogens (tertiary/aromatic N) is 2. The first kappa shape index (κ1) is 10.2. The van der Waals surface area contributed by atoms with Crippen molar-refractivity contribution in [3.05, 3.63) is 11.8 Å². The third kappa shape index (κ3) is 4.02. The SMILES string of the molecule is C=N/C=C(\C=NCC1CC1)C(C)C. The van der Waals surface area contributed by atoms with Crippen LogP contribution >= 0.6 is 0 Å². The molecule has 72 valence electrons. The third-order valence-corrected chi connectivity index (χ3v) is 2.21. The average molecular weight is 178 g/mol. The highest BCUT2D eigenvalue weighted by Gasteiger charge is 2.19. The lowest BCUT2D eigenvalue weighted by Crippen LogP contribution is -1.96. The molecule has 0 amide bonds. The lowest BCUT2D eigenvalue weighted by molar-refractivity contribution is 0.797. The Hall–Kier alpha value is -0.920. The predicted octanol–water partition coefficient (Wildman–Crippen LogP) is 2.71. The first-order chi connectivity index (χ1) is 6.24. The summed E-state index contributed by atoms with van der Waals surface area (Å²) in [6.45, 7) is 8.72. The van der Waals surface area contributed by atoms with Crippen LogP contribution in [0.15, 0.2) is 21.8 Å². The highest BCUT2D eigenvalue weighted by atomic mass is 14.7. The van der Waals surface area contributed by atoms with E-state index in [2.05, 4.69) is 30.5 Å². The maximum absolute atomic E-state index is 4.39. The molecule has 0 heterocycles. The number of hydrogen-bond acceptors (Lipinski definition) is 2. The molecule has 13 heavy (non-hydrogen) atoms. The molecular formula is C11H18N2. The van der Waals surface area contributed by atoms with Gasteiger partial charge in [-0.1, -0.05) is 13.8 Å². The fourth-order valence-electron chi connectivity index (χ4n) is 1.04. The van der Waals surface area contributed by atoms with Crippen molar-refractivity contribution in [2.75, 3.05) is 6.54 Å². The van der Waals surface area contributed by atoms with Gasteiger partial charge in [0.15, 0.2) is 0 Å². The van der Waals surface area contributed by atoms with E-state index >= 15 is 0 Å². The molecule has 0 radical (unpaired) electrons. The summed E-state index contributed by atoms with van der Waals surface area (Å²) in [5, 5.41) is 0. The molecule has 0 bridgehead atoms. The van der Waals surface area contributed by atoms with Crippen LogP contribution in [-0.4, -0.2) is 19.5 Å². The monoisotopic (exact) mass is 178 g/mol. The predicted molar refractivity (Wildman–Crippen MR) is 58.6 cm³/mol. The molecule has 0 aliphatic heterocycles. The summed E-state index contributed by atoms with van der Waals surface area (Å²) in [5.74, 6) is 1.34. The highest BCUT2D eigenvalue weighted by Crippen LogP contribution is 2.28. The largest absolute Gasteiger partial charge is 0.293 e. The van der Waals surface area contributed by atoms with E-state index in [1.165, 1.54) is 12.8 Å². The average Bonchev–Trinajstić information content (AvgIpc) is 2.86. The summed E-state index contributed by atoms with van der Waals surface area (Å²) in [7, 11) is 0. The molecule has 2 nitrogen and oxygen atoms in total. The Morgan fingerprint density at radius 2 is 2.23 bits per heavy atom. The van der Waals surface area contributed by atoms with Crippen LogP contribution in [0.3, 0.4) is 0 Å². The Morgan fingerprint density at radius 3 is 2.69 bits per heavy atom. The van der Waals surface area contributed by atoms with E-state index in [1.54, 1.807) is 6.20 Å². The van der Waals surface area contributed by atoms with Gasteiger partial charge < -0.3 is 0 Å². The van der Waals surface area contributed by atoms with Gasteiger partial charge in [0.25, 0.3) is 0 Å². The maximum Gasteiger partial charge on any atom is 0.0417 e. The van der Waals surface area contributed by atoms with Crippen LogP contribution in [0.2, 0.25) is 0 Å². The first-order valence-electron chi connectivity index (χ1n) is 4.89. The molecule has 1 aliphatic carbocycles. The second-order valence-corrected chi connectivity index (χ2v) is 3.90. The van der Waals surface area contributed by atoms with Crippen molar-refractivity contribution < 1.29 is 0 Å². The Kier molecular flexibility index (Phi) is 3.87. The molecule has 0 spiro atoms. The van der Waals surface area contributed by atoms with Gasteiger partial charge in [0.05, 0.1) is 0 Å². The Morgan fingerprint density at radius 1 is 1.54 bits per heavy atom. The van der Waals surface area contributed by atoms with E-state index in [9.17, 15) is 0 Å². The van der Waals surface area contributed by atoms with Crippen molar-refractivity contribution in [1.29, 1.82) is 0 Å². The van der Waals surface area contributed by atoms with Crippen LogP contribution < -0.4 is 0 Å². The minimum atomic E-state index is 0.480. The lowest BCUT2D eigenvalue weighted by Gasteiger charge is -2.03. The molecular weight excluding hydrogens is 160 g/mol. The van der Waals surface area contributed by atoms with Gasteiger partial charge in [0.2, 0.25) is 0 Å². The van der Waals surface area contributed by atoms with Crippen LogP contribution in [0.5, 0.6) is 0 Å². The molecule has 1 aliphatic rings.